The van der Waals surface area contributed by atoms with Crippen molar-refractivity contribution in [1.29, 1.82) is 0 Å². The van der Waals surface area contributed by atoms with E-state index >= 15 is 0 Å². The number of carbonyl (C=O) groups is 1. The van der Waals surface area contributed by atoms with Gasteiger partial charge in [0.15, 0.2) is 5.75 Å². The summed E-state index contributed by atoms with van der Waals surface area (Å²) in [5.41, 5.74) is 6.36. The van der Waals surface area contributed by atoms with E-state index in [-0.39, 0.29) is 6.10 Å². The normalized spacial score (nSPS) is 17.8. The van der Waals surface area contributed by atoms with Crippen molar-refractivity contribution in [1.82, 2.24) is 0 Å². The molecule has 0 spiro atoms. The molecule has 1 saturated heterocycles. The Balaban J connectivity index is 2.28. The van der Waals surface area contributed by atoms with E-state index in [9.17, 15) is 4.79 Å². The standard InChI is InChI=1S/C14H22N2O4S/c1-4-16(8-9-6-5-7-20-9)13-11(18-2)10(15)12(21-13)14(17)19-3/h9H,4-8,15H2,1-3H3. The van der Waals surface area contributed by atoms with Crippen LogP contribution in [0.3, 0.4) is 0 Å². The number of carbonyl (C=O) groups excluding carboxylic acids is 1. The van der Waals surface area contributed by atoms with Crippen LogP contribution < -0.4 is 15.4 Å². The molecule has 1 unspecified atom stereocenters. The van der Waals surface area contributed by atoms with Crippen molar-refractivity contribution in [3.63, 3.8) is 0 Å². The van der Waals surface area contributed by atoms with Crippen molar-refractivity contribution >= 4 is 28.0 Å². The van der Waals surface area contributed by atoms with Gasteiger partial charge in [-0.2, -0.15) is 0 Å². The third-order valence-electron chi connectivity index (χ3n) is 3.57. The van der Waals surface area contributed by atoms with Crippen LogP contribution in [0.5, 0.6) is 5.75 Å². The van der Waals surface area contributed by atoms with E-state index in [2.05, 4.69) is 11.8 Å². The SMILES string of the molecule is CCN(CC1CCCO1)c1sc(C(=O)OC)c(N)c1OC. The van der Waals surface area contributed by atoms with Crippen molar-refractivity contribution in [2.24, 2.45) is 0 Å². The number of esters is 1. The number of hydrogen-bond donors (Lipinski definition) is 1. The first-order valence-electron chi connectivity index (χ1n) is 7.03. The van der Waals surface area contributed by atoms with Crippen molar-refractivity contribution in [2.45, 2.75) is 25.9 Å². The second-order valence-electron chi connectivity index (χ2n) is 4.85. The molecule has 2 rings (SSSR count). The van der Waals surface area contributed by atoms with Gasteiger partial charge in [-0.1, -0.05) is 0 Å². The third-order valence-corrected chi connectivity index (χ3v) is 4.80. The zero-order chi connectivity index (χ0) is 15.4. The first kappa shape index (κ1) is 15.9. The van der Waals surface area contributed by atoms with Gasteiger partial charge >= 0.3 is 5.97 Å². The summed E-state index contributed by atoms with van der Waals surface area (Å²) in [7, 11) is 2.90. The molecule has 0 bridgehead atoms. The zero-order valence-corrected chi connectivity index (χ0v) is 13.5. The van der Waals surface area contributed by atoms with Gasteiger partial charge in [0.25, 0.3) is 0 Å². The van der Waals surface area contributed by atoms with Crippen molar-refractivity contribution in [3.05, 3.63) is 4.88 Å². The van der Waals surface area contributed by atoms with E-state index in [1.807, 2.05) is 0 Å². The molecule has 0 amide bonds. The molecule has 2 N–H and O–H groups in total. The summed E-state index contributed by atoms with van der Waals surface area (Å²) in [6.07, 6.45) is 2.38. The van der Waals surface area contributed by atoms with Crippen LogP contribution in [-0.2, 0) is 9.47 Å². The molecule has 6 nitrogen and oxygen atoms in total. The lowest BCUT2D eigenvalue weighted by molar-refractivity contribution is 0.0607. The molecule has 1 fully saturated rings. The summed E-state index contributed by atoms with van der Waals surface area (Å²) in [5.74, 6) is 0.107. The molecular weight excluding hydrogens is 292 g/mol. The average Bonchev–Trinajstić information content (AvgIpc) is 3.11. The van der Waals surface area contributed by atoms with E-state index < -0.39 is 5.97 Å². The Hall–Kier alpha value is -1.47. The van der Waals surface area contributed by atoms with Crippen LogP contribution in [0.25, 0.3) is 0 Å². The molecule has 7 heteroatoms. The summed E-state index contributed by atoms with van der Waals surface area (Å²) >= 11 is 1.31. The number of nitrogens with zero attached hydrogens (tertiary/aromatic N) is 1. The summed E-state index contributed by atoms with van der Waals surface area (Å²) < 4.78 is 15.8. The van der Waals surface area contributed by atoms with E-state index in [1.165, 1.54) is 18.4 Å². The van der Waals surface area contributed by atoms with Gasteiger partial charge in [0.2, 0.25) is 0 Å². The second-order valence-corrected chi connectivity index (χ2v) is 5.85. The average molecular weight is 314 g/mol. The summed E-state index contributed by atoms with van der Waals surface area (Å²) in [4.78, 5) is 14.3. The van der Waals surface area contributed by atoms with Crippen LogP contribution in [0.2, 0.25) is 0 Å². The van der Waals surface area contributed by atoms with Gasteiger partial charge in [0.05, 0.1) is 20.3 Å². The molecule has 118 valence electrons. The number of nitrogen functional groups attached to an aromatic ring is 1. The Morgan fingerprint density at radius 3 is 2.81 bits per heavy atom. The number of methoxy groups -OCH3 is 2. The minimum atomic E-state index is -0.435. The Labute approximate surface area is 128 Å². The van der Waals surface area contributed by atoms with Crippen LogP contribution in [-0.4, -0.2) is 46.0 Å². The highest BCUT2D eigenvalue weighted by molar-refractivity contribution is 7.19. The number of nitrogens with two attached hydrogens (primary N) is 1. The van der Waals surface area contributed by atoms with Gasteiger partial charge in [0.1, 0.15) is 15.6 Å². The molecule has 0 saturated carbocycles. The molecule has 2 heterocycles. The number of ether oxygens (including phenoxy) is 3. The maximum absolute atomic E-state index is 11.8. The zero-order valence-electron chi connectivity index (χ0n) is 12.7. The number of anilines is 2. The summed E-state index contributed by atoms with van der Waals surface area (Å²) in [6.45, 7) is 4.44. The van der Waals surface area contributed by atoms with Crippen LogP contribution >= 0.6 is 11.3 Å². The number of rotatable bonds is 6. The van der Waals surface area contributed by atoms with Crippen LogP contribution in [0.15, 0.2) is 0 Å². The molecular formula is C14H22N2O4S. The molecule has 21 heavy (non-hydrogen) atoms. The topological polar surface area (TPSA) is 74.0 Å². The Morgan fingerprint density at radius 2 is 2.29 bits per heavy atom. The van der Waals surface area contributed by atoms with Gasteiger partial charge in [-0.15, -0.1) is 11.3 Å². The maximum atomic E-state index is 11.8. The highest BCUT2D eigenvalue weighted by Gasteiger charge is 2.27. The lowest BCUT2D eigenvalue weighted by atomic mass is 10.2. The molecule has 0 radical (unpaired) electrons. The van der Waals surface area contributed by atoms with Crippen LogP contribution in [0, 0.1) is 0 Å². The molecule has 1 aromatic rings. The Bertz CT molecular complexity index is 497. The number of hydrogen-bond acceptors (Lipinski definition) is 7. The predicted octanol–water partition coefficient (Wildman–Crippen LogP) is 2.13. The highest BCUT2D eigenvalue weighted by atomic mass is 32.1. The van der Waals surface area contributed by atoms with Gasteiger partial charge in [-0.25, -0.2) is 4.79 Å². The summed E-state index contributed by atoms with van der Waals surface area (Å²) in [5, 5.41) is 0.855. The molecule has 1 atom stereocenters. The van der Waals surface area contributed by atoms with Gasteiger partial charge < -0.3 is 24.8 Å². The van der Waals surface area contributed by atoms with E-state index in [0.717, 1.165) is 37.5 Å². The number of thiophene rings is 1. The molecule has 0 aliphatic carbocycles. The van der Waals surface area contributed by atoms with Gasteiger partial charge in [-0.05, 0) is 19.8 Å². The number of likely N-dealkylation sites (N-methyl/N-ethyl adjacent to an activating group) is 1. The van der Waals surface area contributed by atoms with E-state index in [0.29, 0.717) is 16.3 Å². The molecule has 1 aromatic heterocycles. The minimum Gasteiger partial charge on any atom is -0.492 e. The van der Waals surface area contributed by atoms with Gasteiger partial charge in [-0.3, -0.25) is 0 Å². The van der Waals surface area contributed by atoms with Crippen molar-refractivity contribution in [2.75, 3.05) is 44.5 Å². The molecule has 1 aliphatic heterocycles. The maximum Gasteiger partial charge on any atom is 0.350 e. The third kappa shape index (κ3) is 3.24. The largest absolute Gasteiger partial charge is 0.492 e. The lowest BCUT2D eigenvalue weighted by Crippen LogP contribution is -2.31. The highest BCUT2D eigenvalue weighted by Crippen LogP contribution is 2.45. The van der Waals surface area contributed by atoms with E-state index in [1.54, 1.807) is 7.11 Å². The van der Waals surface area contributed by atoms with Gasteiger partial charge in [0, 0.05) is 19.7 Å². The quantitative estimate of drug-likeness (QED) is 0.811. The monoisotopic (exact) mass is 314 g/mol. The Kier molecular flexibility index (Phi) is 5.30. The van der Waals surface area contributed by atoms with E-state index in [4.69, 9.17) is 19.9 Å². The molecule has 0 aromatic carbocycles. The first-order valence-corrected chi connectivity index (χ1v) is 7.85. The fourth-order valence-corrected chi connectivity index (χ4v) is 3.64. The first-order chi connectivity index (χ1) is 10.1. The fraction of sp³-hybridized carbons (Fsp3) is 0.643. The van der Waals surface area contributed by atoms with Crippen LogP contribution in [0.4, 0.5) is 10.7 Å². The lowest BCUT2D eigenvalue weighted by Gasteiger charge is -2.25. The fourth-order valence-electron chi connectivity index (χ4n) is 2.46. The predicted molar refractivity (Wildman–Crippen MR) is 83.5 cm³/mol. The Morgan fingerprint density at radius 1 is 1.52 bits per heavy atom. The minimum absolute atomic E-state index is 0.222. The van der Waals surface area contributed by atoms with Crippen molar-refractivity contribution in [3.8, 4) is 5.75 Å². The van der Waals surface area contributed by atoms with Crippen molar-refractivity contribution < 1.29 is 19.0 Å². The molecule has 1 aliphatic rings. The second kappa shape index (κ2) is 7.00. The van der Waals surface area contributed by atoms with Crippen LogP contribution in [0.1, 0.15) is 29.4 Å². The summed E-state index contributed by atoms with van der Waals surface area (Å²) in [6, 6.07) is 0. The smallest absolute Gasteiger partial charge is 0.350 e.